The first-order valence-corrected chi connectivity index (χ1v) is 8.36. The molecule has 0 saturated heterocycles. The van der Waals surface area contributed by atoms with Gasteiger partial charge in [-0.1, -0.05) is 40.9 Å². The number of hydrogen-bond acceptors (Lipinski definition) is 5. The maximum Gasteiger partial charge on any atom is 0.341 e. The van der Waals surface area contributed by atoms with Crippen LogP contribution in [-0.2, 0) is 11.3 Å². The Hall–Kier alpha value is -1.53. The summed E-state index contributed by atoms with van der Waals surface area (Å²) in [5, 5.41) is 2.37. The molecule has 0 radical (unpaired) electrons. The third-order valence-corrected chi connectivity index (χ3v) is 4.86. The third kappa shape index (κ3) is 3.53. The number of hydrogen-bond donors (Lipinski definition) is 0. The van der Waals surface area contributed by atoms with Crippen LogP contribution in [0.25, 0.3) is 10.8 Å². The Kier molecular flexibility index (Phi) is 4.92. The van der Waals surface area contributed by atoms with Gasteiger partial charge in [0.1, 0.15) is 18.6 Å². The van der Waals surface area contributed by atoms with E-state index in [0.717, 1.165) is 4.88 Å². The Labute approximate surface area is 150 Å². The maximum absolute atomic E-state index is 12.1. The van der Waals surface area contributed by atoms with E-state index in [1.807, 2.05) is 17.5 Å². The summed E-state index contributed by atoms with van der Waals surface area (Å²) < 4.78 is 10.5. The van der Waals surface area contributed by atoms with Gasteiger partial charge >= 0.3 is 5.97 Å². The molecule has 0 N–H and O–H groups in total. The molecule has 0 spiro atoms. The number of aromatic nitrogens is 1. The van der Waals surface area contributed by atoms with Crippen LogP contribution in [0.2, 0.25) is 15.1 Å². The smallest absolute Gasteiger partial charge is 0.341 e. The molecule has 2 aromatic heterocycles. The number of ether oxygens (including phenoxy) is 1. The number of rotatable bonds is 4. The molecule has 0 aliphatic carbocycles. The maximum atomic E-state index is 12.1. The number of oxazole rings is 1. The van der Waals surface area contributed by atoms with Crippen LogP contribution >= 0.6 is 46.1 Å². The summed E-state index contributed by atoms with van der Waals surface area (Å²) >= 11 is 19.4. The molecule has 118 valence electrons. The fourth-order valence-corrected chi connectivity index (χ4v) is 3.15. The second-order valence-electron chi connectivity index (χ2n) is 4.42. The van der Waals surface area contributed by atoms with E-state index < -0.39 is 5.97 Å². The molecule has 0 fully saturated rings. The molecule has 0 aliphatic heterocycles. The summed E-state index contributed by atoms with van der Waals surface area (Å²) in [5.41, 5.74) is 0.513. The van der Waals surface area contributed by atoms with E-state index in [4.69, 9.17) is 44.0 Å². The highest BCUT2D eigenvalue weighted by molar-refractivity contribution is 7.13. The Balaban J connectivity index is 1.72. The van der Waals surface area contributed by atoms with Crippen molar-refractivity contribution in [2.45, 2.75) is 6.61 Å². The molecule has 0 saturated carbocycles. The van der Waals surface area contributed by atoms with Crippen molar-refractivity contribution in [1.82, 2.24) is 4.98 Å². The van der Waals surface area contributed by atoms with Gasteiger partial charge in [0.15, 0.2) is 0 Å². The Morgan fingerprint density at radius 3 is 2.74 bits per heavy atom. The highest BCUT2D eigenvalue weighted by Crippen LogP contribution is 2.32. The minimum absolute atomic E-state index is 0.0304. The molecule has 1 aromatic carbocycles. The number of carbonyl (C=O) groups excluding carboxylic acids is 1. The number of nitrogens with zero attached hydrogens (tertiary/aromatic N) is 1. The first kappa shape index (κ1) is 16.3. The fourth-order valence-electron chi connectivity index (χ4n) is 1.81. The van der Waals surface area contributed by atoms with Gasteiger partial charge < -0.3 is 9.15 Å². The van der Waals surface area contributed by atoms with Gasteiger partial charge in [-0.2, -0.15) is 0 Å². The Morgan fingerprint density at radius 1 is 1.22 bits per heavy atom. The predicted molar refractivity (Wildman–Crippen MR) is 90.4 cm³/mol. The average Bonchev–Trinajstić information content (AvgIpc) is 3.20. The van der Waals surface area contributed by atoms with Gasteiger partial charge in [-0.15, -0.1) is 11.3 Å². The molecule has 0 bridgehead atoms. The normalized spacial score (nSPS) is 10.7. The lowest BCUT2D eigenvalue weighted by atomic mass is 10.2. The van der Waals surface area contributed by atoms with Crippen molar-refractivity contribution in [2.75, 3.05) is 0 Å². The Morgan fingerprint density at radius 2 is 2.00 bits per heavy atom. The topological polar surface area (TPSA) is 52.3 Å². The van der Waals surface area contributed by atoms with Crippen LogP contribution in [0.15, 0.2) is 40.3 Å². The van der Waals surface area contributed by atoms with Crippen LogP contribution in [0, 0.1) is 0 Å². The highest BCUT2D eigenvalue weighted by Gasteiger charge is 2.19. The number of esters is 1. The zero-order valence-corrected chi connectivity index (χ0v) is 14.5. The van der Waals surface area contributed by atoms with Crippen molar-refractivity contribution < 1.29 is 13.9 Å². The second-order valence-corrected chi connectivity index (χ2v) is 6.56. The van der Waals surface area contributed by atoms with E-state index >= 15 is 0 Å². The molecule has 8 heteroatoms. The molecule has 3 aromatic rings. The largest absolute Gasteiger partial charge is 0.455 e. The molecule has 0 unspecified atom stereocenters. The zero-order valence-electron chi connectivity index (χ0n) is 11.4. The van der Waals surface area contributed by atoms with Crippen LogP contribution in [0.4, 0.5) is 0 Å². The van der Waals surface area contributed by atoms with Gasteiger partial charge in [0.05, 0.1) is 25.5 Å². The van der Waals surface area contributed by atoms with Crippen molar-refractivity contribution in [1.29, 1.82) is 0 Å². The standard InChI is InChI=1S/C15H8Cl3NO3S/c16-9-3-4-10(17)13(18)12(9)15(20)22-7-8-6-21-14(19-8)11-2-1-5-23-11/h1-6H,7H2. The van der Waals surface area contributed by atoms with Gasteiger partial charge in [0, 0.05) is 0 Å². The molecular weight excluding hydrogens is 381 g/mol. The first-order chi connectivity index (χ1) is 11.1. The molecule has 3 rings (SSSR count). The minimum atomic E-state index is -0.678. The average molecular weight is 389 g/mol. The number of thiophene rings is 1. The van der Waals surface area contributed by atoms with E-state index in [-0.39, 0.29) is 27.2 Å². The number of halogens is 3. The summed E-state index contributed by atoms with van der Waals surface area (Å²) in [6.07, 6.45) is 1.43. The van der Waals surface area contributed by atoms with Gasteiger partial charge in [0.2, 0.25) is 5.89 Å². The van der Waals surface area contributed by atoms with Gasteiger partial charge in [0.25, 0.3) is 0 Å². The molecule has 4 nitrogen and oxygen atoms in total. The van der Waals surface area contributed by atoms with Crippen molar-refractivity contribution >= 4 is 52.1 Å². The van der Waals surface area contributed by atoms with Gasteiger partial charge in [-0.05, 0) is 23.6 Å². The first-order valence-electron chi connectivity index (χ1n) is 6.35. The fraction of sp³-hybridized carbons (Fsp3) is 0.0667. The van der Waals surface area contributed by atoms with Crippen LogP contribution in [-0.4, -0.2) is 11.0 Å². The highest BCUT2D eigenvalue weighted by atomic mass is 35.5. The predicted octanol–water partition coefficient (Wildman–Crippen LogP) is 5.72. The second kappa shape index (κ2) is 6.93. The lowest BCUT2D eigenvalue weighted by Crippen LogP contribution is -2.07. The molecule has 0 amide bonds. The van der Waals surface area contributed by atoms with Crippen molar-refractivity contribution in [3.63, 3.8) is 0 Å². The third-order valence-electron chi connectivity index (χ3n) is 2.88. The quantitative estimate of drug-likeness (QED) is 0.423. The van der Waals surface area contributed by atoms with Crippen molar-refractivity contribution in [3.05, 3.63) is 62.2 Å². The molecular formula is C15H8Cl3NO3S. The molecule has 0 atom stereocenters. The lowest BCUT2D eigenvalue weighted by Gasteiger charge is -2.07. The number of benzene rings is 1. The monoisotopic (exact) mass is 387 g/mol. The number of carbonyl (C=O) groups is 1. The van der Waals surface area contributed by atoms with Crippen LogP contribution in [0.3, 0.4) is 0 Å². The minimum Gasteiger partial charge on any atom is -0.455 e. The zero-order chi connectivity index (χ0) is 16.4. The van der Waals surface area contributed by atoms with Crippen LogP contribution in [0.1, 0.15) is 16.1 Å². The summed E-state index contributed by atoms with van der Waals surface area (Å²) in [6, 6.07) is 6.77. The van der Waals surface area contributed by atoms with E-state index in [9.17, 15) is 4.79 Å². The van der Waals surface area contributed by atoms with E-state index in [1.54, 1.807) is 0 Å². The van der Waals surface area contributed by atoms with Gasteiger partial charge in [-0.25, -0.2) is 9.78 Å². The SMILES string of the molecule is O=C(OCc1coc(-c2cccs2)n1)c1c(Cl)ccc(Cl)c1Cl. The Bertz CT molecular complexity index is 846. The molecule has 23 heavy (non-hydrogen) atoms. The summed E-state index contributed by atoms with van der Waals surface area (Å²) in [6.45, 7) is -0.0626. The van der Waals surface area contributed by atoms with E-state index in [0.29, 0.717) is 11.6 Å². The van der Waals surface area contributed by atoms with Gasteiger partial charge in [-0.3, -0.25) is 0 Å². The lowest BCUT2D eigenvalue weighted by molar-refractivity contribution is 0.0468. The van der Waals surface area contributed by atoms with Crippen molar-refractivity contribution in [3.8, 4) is 10.8 Å². The van der Waals surface area contributed by atoms with Crippen LogP contribution in [0.5, 0.6) is 0 Å². The molecule has 0 aliphatic rings. The van der Waals surface area contributed by atoms with E-state index in [1.165, 1.54) is 29.7 Å². The summed E-state index contributed by atoms with van der Waals surface area (Å²) in [4.78, 5) is 17.3. The molecule has 2 heterocycles. The van der Waals surface area contributed by atoms with Crippen molar-refractivity contribution in [2.24, 2.45) is 0 Å². The van der Waals surface area contributed by atoms with E-state index in [2.05, 4.69) is 4.98 Å². The summed E-state index contributed by atoms with van der Waals surface area (Å²) in [7, 11) is 0. The summed E-state index contributed by atoms with van der Waals surface area (Å²) in [5.74, 6) is -0.201. The van der Waals surface area contributed by atoms with Crippen LogP contribution < -0.4 is 0 Å².